The Morgan fingerprint density at radius 1 is 0.917 bits per heavy atom. The molecule has 3 fully saturated rings. The van der Waals surface area contributed by atoms with Gasteiger partial charge in [-0.15, -0.1) is 0 Å². The average molecular weight is 348 g/mol. The van der Waals surface area contributed by atoms with E-state index in [1.165, 1.54) is 19.3 Å². The molecule has 4 rings (SSSR count). The molecule has 5 nitrogen and oxygen atoms in total. The van der Waals surface area contributed by atoms with Gasteiger partial charge in [-0.2, -0.15) is 0 Å². The molecule has 0 spiro atoms. The molecule has 0 N–H and O–H groups in total. The van der Waals surface area contributed by atoms with Gasteiger partial charge in [-0.05, 0) is 25.0 Å². The van der Waals surface area contributed by atoms with E-state index in [0.717, 1.165) is 18.5 Å². The Bertz CT molecular complexity index is 713. The maximum Gasteiger partial charge on any atom is 0.241 e. The molecule has 24 heavy (non-hydrogen) atoms. The number of sulfone groups is 1. The van der Waals surface area contributed by atoms with Gasteiger partial charge in [0.1, 0.15) is 0 Å². The highest BCUT2D eigenvalue weighted by Crippen LogP contribution is 2.35. The van der Waals surface area contributed by atoms with E-state index in [0.29, 0.717) is 12.6 Å². The number of anilines is 1. The molecule has 1 amide bonds. The number of amides is 1. The van der Waals surface area contributed by atoms with Gasteiger partial charge in [-0.25, -0.2) is 8.42 Å². The van der Waals surface area contributed by atoms with Crippen LogP contribution in [0, 0.1) is 0 Å². The minimum atomic E-state index is -3.10. The van der Waals surface area contributed by atoms with Gasteiger partial charge >= 0.3 is 0 Å². The van der Waals surface area contributed by atoms with Crippen LogP contribution in [0.4, 0.5) is 5.69 Å². The second-order valence-electron chi connectivity index (χ2n) is 7.28. The highest BCUT2D eigenvalue weighted by atomic mass is 32.2. The molecule has 0 aromatic heterocycles. The maximum atomic E-state index is 12.9. The molecule has 6 heteroatoms. The number of nitrogens with zero attached hydrogens (tertiary/aromatic N) is 2. The summed E-state index contributed by atoms with van der Waals surface area (Å²) in [4.78, 5) is 16.9. The Kier molecular flexibility index (Phi) is 4.12. The summed E-state index contributed by atoms with van der Waals surface area (Å²) in [7, 11) is -3.10. The van der Waals surface area contributed by atoms with Gasteiger partial charge in [0.25, 0.3) is 0 Å². The van der Waals surface area contributed by atoms with Gasteiger partial charge in [0, 0.05) is 17.8 Å². The third-order valence-corrected chi connectivity index (χ3v) is 7.41. The predicted octanol–water partition coefficient (Wildman–Crippen LogP) is 1.83. The molecule has 130 valence electrons. The van der Waals surface area contributed by atoms with Crippen LogP contribution in [-0.2, 0) is 14.6 Å². The highest BCUT2D eigenvalue weighted by molar-refractivity contribution is 7.91. The number of carbonyl (C=O) groups is 1. The fraction of sp³-hybridized carbons (Fsp3) is 0.611. The lowest BCUT2D eigenvalue weighted by Gasteiger charge is -2.47. The van der Waals surface area contributed by atoms with Crippen molar-refractivity contribution in [3.05, 3.63) is 30.3 Å². The number of carbonyl (C=O) groups excluding carboxylic acids is 1. The van der Waals surface area contributed by atoms with Crippen molar-refractivity contribution in [1.82, 2.24) is 4.90 Å². The molecular formula is C18H24N2O3S. The first kappa shape index (κ1) is 16.1. The van der Waals surface area contributed by atoms with Crippen molar-refractivity contribution in [3.63, 3.8) is 0 Å². The lowest BCUT2D eigenvalue weighted by molar-refractivity contribution is -0.124. The number of piperazine rings is 1. The molecular weight excluding hydrogens is 324 g/mol. The largest absolute Gasteiger partial charge is 0.306 e. The summed E-state index contributed by atoms with van der Waals surface area (Å²) in [6.45, 7) is 0.343. The molecule has 1 saturated carbocycles. The van der Waals surface area contributed by atoms with Crippen molar-refractivity contribution < 1.29 is 13.2 Å². The second-order valence-corrected chi connectivity index (χ2v) is 9.43. The summed E-state index contributed by atoms with van der Waals surface area (Å²) < 4.78 is 24.7. The van der Waals surface area contributed by atoms with E-state index < -0.39 is 9.84 Å². The summed E-state index contributed by atoms with van der Waals surface area (Å²) >= 11 is 0. The Balaban J connectivity index is 1.68. The van der Waals surface area contributed by atoms with Crippen LogP contribution in [0.25, 0.3) is 0 Å². The fourth-order valence-electron chi connectivity index (χ4n) is 4.65. The van der Waals surface area contributed by atoms with Crippen LogP contribution in [0.15, 0.2) is 30.3 Å². The SMILES string of the molecule is O=C1CN(C2CCCCC2)[C@@H]2CS(=O)(=O)C[C@H]2N1c1ccccc1. The van der Waals surface area contributed by atoms with Crippen molar-refractivity contribution in [3.8, 4) is 0 Å². The monoisotopic (exact) mass is 348 g/mol. The van der Waals surface area contributed by atoms with Crippen LogP contribution in [0.1, 0.15) is 32.1 Å². The zero-order chi connectivity index (χ0) is 16.7. The lowest BCUT2D eigenvalue weighted by Crippen LogP contribution is -2.64. The van der Waals surface area contributed by atoms with Crippen LogP contribution in [0.2, 0.25) is 0 Å². The van der Waals surface area contributed by atoms with Crippen molar-refractivity contribution in [2.45, 2.75) is 50.2 Å². The molecule has 2 saturated heterocycles. The van der Waals surface area contributed by atoms with E-state index in [-0.39, 0.29) is 29.5 Å². The van der Waals surface area contributed by atoms with Crippen molar-refractivity contribution in [2.75, 3.05) is 23.0 Å². The Morgan fingerprint density at radius 3 is 2.29 bits per heavy atom. The molecule has 1 aromatic rings. The second kappa shape index (κ2) is 6.15. The van der Waals surface area contributed by atoms with E-state index in [4.69, 9.17) is 0 Å². The smallest absolute Gasteiger partial charge is 0.241 e. The van der Waals surface area contributed by atoms with Gasteiger partial charge in [0.15, 0.2) is 9.84 Å². The fourth-order valence-corrected chi connectivity index (χ4v) is 6.61. The summed E-state index contributed by atoms with van der Waals surface area (Å²) in [5.74, 6) is 0.303. The molecule has 1 aliphatic carbocycles. The molecule has 0 bridgehead atoms. The minimum absolute atomic E-state index is 0.0325. The molecule has 0 unspecified atom stereocenters. The van der Waals surface area contributed by atoms with Crippen molar-refractivity contribution in [1.29, 1.82) is 0 Å². The Labute approximate surface area is 143 Å². The zero-order valence-corrected chi connectivity index (χ0v) is 14.6. The van der Waals surface area contributed by atoms with Gasteiger partial charge < -0.3 is 4.90 Å². The minimum Gasteiger partial charge on any atom is -0.306 e. The number of hydrogen-bond acceptors (Lipinski definition) is 4. The number of benzene rings is 1. The molecule has 2 aliphatic heterocycles. The standard InChI is InChI=1S/C18H24N2O3S/c21-18-11-19(14-7-3-1-4-8-14)16-12-24(22,23)13-17(16)20(18)15-9-5-2-6-10-15/h2,5-6,9-10,14,16-17H,1,3-4,7-8,11-13H2/t16-,17-/m1/s1. The predicted molar refractivity (Wildman–Crippen MR) is 93.7 cm³/mol. The van der Waals surface area contributed by atoms with Crippen LogP contribution in [0.5, 0.6) is 0 Å². The summed E-state index contributed by atoms with van der Waals surface area (Å²) in [5, 5.41) is 0. The first-order valence-corrected chi connectivity index (χ1v) is 10.7. The lowest BCUT2D eigenvalue weighted by atomic mass is 9.91. The third-order valence-electron chi connectivity index (χ3n) is 5.72. The first-order valence-electron chi connectivity index (χ1n) is 8.88. The molecule has 0 radical (unpaired) electrons. The molecule has 2 atom stereocenters. The van der Waals surface area contributed by atoms with Crippen LogP contribution in [-0.4, -0.2) is 55.4 Å². The molecule has 3 aliphatic rings. The number of para-hydroxylation sites is 1. The van der Waals surface area contributed by atoms with Gasteiger partial charge in [0.2, 0.25) is 5.91 Å². The topological polar surface area (TPSA) is 57.7 Å². The van der Waals surface area contributed by atoms with Crippen molar-refractivity contribution in [2.24, 2.45) is 0 Å². The van der Waals surface area contributed by atoms with Gasteiger partial charge in [-0.3, -0.25) is 9.69 Å². The van der Waals surface area contributed by atoms with Crippen molar-refractivity contribution >= 4 is 21.4 Å². The quantitative estimate of drug-likeness (QED) is 0.818. The third kappa shape index (κ3) is 2.86. The van der Waals surface area contributed by atoms with E-state index in [2.05, 4.69) is 4.90 Å². The summed E-state index contributed by atoms with van der Waals surface area (Å²) in [6, 6.07) is 9.56. The average Bonchev–Trinajstić information content (AvgIpc) is 2.90. The number of rotatable bonds is 2. The maximum absolute atomic E-state index is 12.9. The summed E-state index contributed by atoms with van der Waals surface area (Å²) in [5.41, 5.74) is 0.817. The molecule has 2 heterocycles. The van der Waals surface area contributed by atoms with Crippen LogP contribution >= 0.6 is 0 Å². The Hall–Kier alpha value is -1.40. The van der Waals surface area contributed by atoms with E-state index in [1.54, 1.807) is 4.90 Å². The Morgan fingerprint density at radius 2 is 1.58 bits per heavy atom. The number of hydrogen-bond donors (Lipinski definition) is 0. The number of fused-ring (bicyclic) bond motifs is 1. The highest BCUT2D eigenvalue weighted by Gasteiger charge is 2.51. The first-order chi connectivity index (χ1) is 11.6. The van der Waals surface area contributed by atoms with Gasteiger partial charge in [-0.1, -0.05) is 37.5 Å². The zero-order valence-electron chi connectivity index (χ0n) is 13.8. The van der Waals surface area contributed by atoms with E-state index in [9.17, 15) is 13.2 Å². The normalized spacial score (nSPS) is 31.2. The van der Waals surface area contributed by atoms with Gasteiger partial charge in [0.05, 0.1) is 24.1 Å². The molecule has 1 aromatic carbocycles. The van der Waals surface area contributed by atoms with E-state index in [1.807, 2.05) is 30.3 Å². The van der Waals surface area contributed by atoms with Crippen LogP contribution < -0.4 is 4.90 Å². The summed E-state index contributed by atoms with van der Waals surface area (Å²) in [6.07, 6.45) is 5.79. The van der Waals surface area contributed by atoms with Crippen LogP contribution in [0.3, 0.4) is 0 Å². The van der Waals surface area contributed by atoms with E-state index >= 15 is 0 Å².